The maximum absolute atomic E-state index is 9.31. The van der Waals surface area contributed by atoms with E-state index in [-0.39, 0.29) is 6.61 Å². The third-order valence-electron chi connectivity index (χ3n) is 4.66. The van der Waals surface area contributed by atoms with Crippen LogP contribution in [-0.2, 0) is 6.54 Å². The maximum atomic E-state index is 9.31. The van der Waals surface area contributed by atoms with Crippen LogP contribution in [0.25, 0.3) is 21.1 Å². The molecule has 0 bridgehead atoms. The molecule has 0 saturated heterocycles. The Hall–Kier alpha value is -3.01. The average molecular weight is 482 g/mol. The van der Waals surface area contributed by atoms with Crippen molar-refractivity contribution in [3.63, 3.8) is 0 Å². The number of benzene rings is 2. The van der Waals surface area contributed by atoms with E-state index in [0.717, 1.165) is 37.0 Å². The number of nitrogens with one attached hydrogen (secondary N) is 1. The average Bonchev–Trinajstić information content (AvgIpc) is 3.39. The standard InChI is InChI=1S/C21H16BrN5O2S/c22-15-10-13(26-21-20-16(23-12-24-21)6-7-27(20)8-9-28)4-5-18(15)29-17-2-1-3-19-14(17)11-25-30-19/h1-7,10-12,28H,8-9H2,(H,23,24,26). The van der Waals surface area contributed by atoms with E-state index in [4.69, 9.17) is 4.74 Å². The van der Waals surface area contributed by atoms with Crippen LogP contribution in [0.4, 0.5) is 11.5 Å². The van der Waals surface area contributed by atoms with E-state index in [1.54, 1.807) is 0 Å². The van der Waals surface area contributed by atoms with Crippen LogP contribution >= 0.6 is 27.5 Å². The highest BCUT2D eigenvalue weighted by molar-refractivity contribution is 9.10. The summed E-state index contributed by atoms with van der Waals surface area (Å²) in [5, 5.41) is 13.6. The van der Waals surface area contributed by atoms with Gasteiger partial charge >= 0.3 is 0 Å². The highest BCUT2D eigenvalue weighted by Gasteiger charge is 2.12. The van der Waals surface area contributed by atoms with E-state index >= 15 is 0 Å². The lowest BCUT2D eigenvalue weighted by atomic mass is 10.2. The molecule has 0 radical (unpaired) electrons. The number of aliphatic hydroxyl groups excluding tert-OH is 1. The topological polar surface area (TPSA) is 85.1 Å². The molecule has 2 N–H and O–H groups in total. The van der Waals surface area contributed by atoms with Crippen molar-refractivity contribution >= 4 is 60.1 Å². The van der Waals surface area contributed by atoms with Crippen molar-refractivity contribution in [3.05, 3.63) is 65.7 Å². The van der Waals surface area contributed by atoms with E-state index in [0.29, 0.717) is 18.1 Å². The summed E-state index contributed by atoms with van der Waals surface area (Å²) in [7, 11) is 0. The summed E-state index contributed by atoms with van der Waals surface area (Å²) in [6, 6.07) is 13.6. The van der Waals surface area contributed by atoms with E-state index in [1.165, 1.54) is 17.9 Å². The van der Waals surface area contributed by atoms with Gasteiger partial charge in [-0.1, -0.05) is 6.07 Å². The largest absolute Gasteiger partial charge is 0.455 e. The predicted octanol–water partition coefficient (Wildman–Crippen LogP) is 5.33. The molecule has 0 aliphatic carbocycles. The molecule has 0 atom stereocenters. The number of rotatable bonds is 6. The fourth-order valence-corrected chi connectivity index (χ4v) is 4.41. The summed E-state index contributed by atoms with van der Waals surface area (Å²) in [6.07, 6.45) is 5.24. The summed E-state index contributed by atoms with van der Waals surface area (Å²) < 4.78 is 14.2. The molecule has 3 heterocycles. The predicted molar refractivity (Wildman–Crippen MR) is 122 cm³/mol. The van der Waals surface area contributed by atoms with Gasteiger partial charge < -0.3 is 19.7 Å². The summed E-state index contributed by atoms with van der Waals surface area (Å²) in [4.78, 5) is 8.69. The Labute approximate surface area is 184 Å². The van der Waals surface area contributed by atoms with Gasteiger partial charge in [0.25, 0.3) is 0 Å². The van der Waals surface area contributed by atoms with Gasteiger partial charge in [0.1, 0.15) is 23.3 Å². The zero-order valence-electron chi connectivity index (χ0n) is 15.6. The molecular weight excluding hydrogens is 466 g/mol. The second kappa shape index (κ2) is 8.02. The number of nitrogens with zero attached hydrogens (tertiary/aromatic N) is 4. The third-order valence-corrected chi connectivity index (χ3v) is 6.05. The number of halogens is 1. The summed E-state index contributed by atoms with van der Waals surface area (Å²) >= 11 is 5.05. The van der Waals surface area contributed by atoms with E-state index in [2.05, 4.69) is 35.6 Å². The lowest BCUT2D eigenvalue weighted by molar-refractivity contribution is 0.278. The molecule has 9 heteroatoms. The summed E-state index contributed by atoms with van der Waals surface area (Å²) in [5.74, 6) is 2.14. The van der Waals surface area contributed by atoms with Crippen LogP contribution in [0.2, 0.25) is 0 Å². The number of aliphatic hydroxyl groups is 1. The van der Waals surface area contributed by atoms with Gasteiger partial charge in [0.15, 0.2) is 5.82 Å². The van der Waals surface area contributed by atoms with E-state index in [9.17, 15) is 5.11 Å². The molecule has 0 aliphatic rings. The van der Waals surface area contributed by atoms with Gasteiger partial charge in [0.05, 0.1) is 32.9 Å². The minimum Gasteiger partial charge on any atom is -0.455 e. The molecular formula is C21H16BrN5O2S. The smallest absolute Gasteiger partial charge is 0.158 e. The number of hydrogen-bond donors (Lipinski definition) is 2. The minimum atomic E-state index is 0.0438. The SMILES string of the molecule is OCCn1ccc2ncnc(Nc3ccc(Oc4cccc5sncc45)c(Br)c3)c21. The second-order valence-corrected chi connectivity index (χ2v) is 8.24. The van der Waals surface area contributed by atoms with Crippen LogP contribution in [0.5, 0.6) is 11.5 Å². The third kappa shape index (κ3) is 3.51. The Morgan fingerprint density at radius 2 is 2.07 bits per heavy atom. The summed E-state index contributed by atoms with van der Waals surface area (Å²) in [6.45, 7) is 0.521. The molecule has 150 valence electrons. The lowest BCUT2D eigenvalue weighted by Gasteiger charge is -2.12. The molecule has 5 aromatic rings. The van der Waals surface area contributed by atoms with Gasteiger partial charge in [-0.25, -0.2) is 9.97 Å². The van der Waals surface area contributed by atoms with Crippen LogP contribution in [0.3, 0.4) is 0 Å². The Kier molecular flexibility index (Phi) is 5.07. The molecule has 0 unspecified atom stereocenters. The Morgan fingerprint density at radius 1 is 1.13 bits per heavy atom. The molecule has 0 spiro atoms. The van der Waals surface area contributed by atoms with Crippen LogP contribution in [0, 0.1) is 0 Å². The fourth-order valence-electron chi connectivity index (χ4n) is 3.29. The summed E-state index contributed by atoms with van der Waals surface area (Å²) in [5.41, 5.74) is 2.51. The molecule has 0 saturated carbocycles. The first-order valence-electron chi connectivity index (χ1n) is 9.21. The van der Waals surface area contributed by atoms with Crippen LogP contribution in [-0.4, -0.2) is 30.6 Å². The molecule has 7 nitrogen and oxygen atoms in total. The number of aromatic nitrogens is 4. The Balaban J connectivity index is 1.44. The lowest BCUT2D eigenvalue weighted by Crippen LogP contribution is -2.04. The molecule has 3 aromatic heterocycles. The molecule has 2 aromatic carbocycles. The van der Waals surface area contributed by atoms with Crippen molar-refractivity contribution in [2.24, 2.45) is 0 Å². The highest BCUT2D eigenvalue weighted by atomic mass is 79.9. The first-order valence-corrected chi connectivity index (χ1v) is 10.8. The van der Waals surface area contributed by atoms with Crippen molar-refractivity contribution in [2.45, 2.75) is 6.54 Å². The number of hydrogen-bond acceptors (Lipinski definition) is 7. The van der Waals surface area contributed by atoms with Gasteiger partial charge in [-0.2, -0.15) is 4.37 Å². The Morgan fingerprint density at radius 3 is 2.93 bits per heavy atom. The van der Waals surface area contributed by atoms with Crippen LogP contribution in [0.15, 0.2) is 65.7 Å². The van der Waals surface area contributed by atoms with Gasteiger partial charge in [-0.3, -0.25) is 0 Å². The number of fused-ring (bicyclic) bond motifs is 2. The molecule has 0 amide bonds. The van der Waals surface area contributed by atoms with Gasteiger partial charge in [0, 0.05) is 18.4 Å². The molecule has 0 fully saturated rings. The Bertz CT molecular complexity index is 1350. The van der Waals surface area contributed by atoms with E-state index in [1.807, 2.05) is 59.4 Å². The minimum absolute atomic E-state index is 0.0438. The quantitative estimate of drug-likeness (QED) is 0.340. The van der Waals surface area contributed by atoms with Crippen molar-refractivity contribution in [1.82, 2.24) is 18.9 Å². The fraction of sp³-hybridized carbons (Fsp3) is 0.0952. The van der Waals surface area contributed by atoms with Crippen LogP contribution in [0.1, 0.15) is 0 Å². The monoisotopic (exact) mass is 481 g/mol. The molecule has 5 rings (SSSR count). The van der Waals surface area contributed by atoms with Crippen molar-refractivity contribution in [2.75, 3.05) is 11.9 Å². The van der Waals surface area contributed by atoms with Crippen molar-refractivity contribution in [1.29, 1.82) is 0 Å². The van der Waals surface area contributed by atoms with Gasteiger partial charge in [-0.05, 0) is 63.9 Å². The highest BCUT2D eigenvalue weighted by Crippen LogP contribution is 2.36. The maximum Gasteiger partial charge on any atom is 0.158 e. The molecule has 0 aliphatic heterocycles. The first kappa shape index (κ1) is 19.0. The van der Waals surface area contributed by atoms with Crippen molar-refractivity contribution < 1.29 is 9.84 Å². The zero-order valence-corrected chi connectivity index (χ0v) is 18.0. The number of anilines is 2. The second-order valence-electron chi connectivity index (χ2n) is 6.55. The molecule has 30 heavy (non-hydrogen) atoms. The van der Waals surface area contributed by atoms with Gasteiger partial charge in [0.2, 0.25) is 0 Å². The van der Waals surface area contributed by atoms with Crippen molar-refractivity contribution in [3.8, 4) is 11.5 Å². The van der Waals surface area contributed by atoms with E-state index < -0.39 is 0 Å². The van der Waals surface area contributed by atoms with Gasteiger partial charge in [-0.15, -0.1) is 0 Å². The normalized spacial score (nSPS) is 11.3. The zero-order chi connectivity index (χ0) is 20.5. The van der Waals surface area contributed by atoms with Crippen LogP contribution < -0.4 is 10.1 Å². The first-order chi connectivity index (χ1) is 14.7. The number of ether oxygens (including phenoxy) is 1.